The summed E-state index contributed by atoms with van der Waals surface area (Å²) in [6.45, 7) is 1.17. The largest absolute Gasteiger partial charge is 0.397 e. The van der Waals surface area contributed by atoms with Gasteiger partial charge in [-0.2, -0.15) is 8.42 Å². The average Bonchev–Trinajstić information content (AvgIpc) is 2.51. The summed E-state index contributed by atoms with van der Waals surface area (Å²) in [5, 5.41) is 2.95. The third-order valence-electron chi connectivity index (χ3n) is 3.13. The second kappa shape index (κ2) is 7.93. The zero-order valence-corrected chi connectivity index (χ0v) is 13.7. The maximum atomic E-state index is 11.7. The molecule has 0 aromatic heterocycles. The van der Waals surface area contributed by atoms with E-state index in [9.17, 15) is 13.2 Å². The fourth-order valence-corrected chi connectivity index (χ4v) is 2.80. The lowest BCUT2D eigenvalue weighted by molar-refractivity contribution is -0.125. The van der Waals surface area contributed by atoms with Gasteiger partial charge in [0.1, 0.15) is 12.7 Å². The van der Waals surface area contributed by atoms with Gasteiger partial charge in [-0.1, -0.05) is 0 Å². The number of nitrogens with one attached hydrogen (secondary N) is 1. The second-order valence-electron chi connectivity index (χ2n) is 4.83. The summed E-state index contributed by atoms with van der Waals surface area (Å²) in [6.07, 6.45) is -0.896. The summed E-state index contributed by atoms with van der Waals surface area (Å²) in [5.74, 6) is -0.201. The molecule has 128 valence electrons. The molecule has 2 rings (SSSR count). The predicted molar refractivity (Wildman–Crippen MR) is 85.2 cm³/mol. The quantitative estimate of drug-likeness (QED) is 0.546. The molecule has 10 heteroatoms. The molecular formula is C13H17ClN2O6S. The van der Waals surface area contributed by atoms with Gasteiger partial charge in [-0.3, -0.25) is 9.35 Å². The van der Waals surface area contributed by atoms with E-state index >= 15 is 0 Å². The van der Waals surface area contributed by atoms with E-state index in [2.05, 4.69) is 9.50 Å². The molecule has 1 fully saturated rings. The lowest BCUT2D eigenvalue weighted by atomic mass is 10.2. The Hall–Kier alpha value is -1.39. The second-order valence-corrected chi connectivity index (χ2v) is 6.18. The van der Waals surface area contributed by atoms with E-state index in [1.165, 1.54) is 0 Å². The van der Waals surface area contributed by atoms with Crippen molar-refractivity contribution in [2.45, 2.75) is 6.10 Å². The molecule has 2 N–H and O–H groups in total. The molecule has 0 aliphatic carbocycles. The SMILES string of the molecule is O=C1COCCN1c1ccc(NC[C@H](CCl)OS(=O)(=O)O)cc1. The Labute approximate surface area is 139 Å². The Morgan fingerprint density at radius 3 is 2.65 bits per heavy atom. The monoisotopic (exact) mass is 364 g/mol. The van der Waals surface area contributed by atoms with Crippen LogP contribution in [0.3, 0.4) is 0 Å². The molecule has 1 aliphatic heterocycles. The zero-order valence-electron chi connectivity index (χ0n) is 12.1. The predicted octanol–water partition coefficient (Wildman–Crippen LogP) is 0.889. The van der Waals surface area contributed by atoms with E-state index in [1.807, 2.05) is 0 Å². The van der Waals surface area contributed by atoms with Gasteiger partial charge >= 0.3 is 10.4 Å². The summed E-state index contributed by atoms with van der Waals surface area (Å²) in [4.78, 5) is 13.4. The van der Waals surface area contributed by atoms with Crippen molar-refractivity contribution in [3.63, 3.8) is 0 Å². The Morgan fingerprint density at radius 2 is 2.09 bits per heavy atom. The van der Waals surface area contributed by atoms with Crippen LogP contribution in [0, 0.1) is 0 Å². The molecule has 1 heterocycles. The van der Waals surface area contributed by atoms with Gasteiger partial charge in [0.25, 0.3) is 5.91 Å². The normalized spacial score (nSPS) is 17.1. The third-order valence-corrected chi connectivity index (χ3v) is 3.99. The molecule has 0 spiro atoms. The van der Waals surface area contributed by atoms with Crippen molar-refractivity contribution in [3.8, 4) is 0 Å². The molecule has 1 aromatic carbocycles. The van der Waals surface area contributed by atoms with Crippen LogP contribution in [-0.4, -0.2) is 57.2 Å². The van der Waals surface area contributed by atoms with Crippen LogP contribution < -0.4 is 10.2 Å². The van der Waals surface area contributed by atoms with Crippen LogP contribution >= 0.6 is 11.6 Å². The van der Waals surface area contributed by atoms with Gasteiger partial charge in [0.2, 0.25) is 0 Å². The highest BCUT2D eigenvalue weighted by molar-refractivity contribution is 7.80. The Balaban J connectivity index is 1.93. The molecule has 1 aliphatic rings. The number of carbonyl (C=O) groups excluding carboxylic acids is 1. The van der Waals surface area contributed by atoms with E-state index in [0.29, 0.717) is 18.8 Å². The molecule has 0 radical (unpaired) electrons. The standard InChI is InChI=1S/C13H17ClN2O6S/c14-7-12(22-23(18,19)20)8-15-10-1-3-11(4-2-10)16-5-6-21-9-13(16)17/h1-4,12,15H,5-9H2,(H,18,19,20)/t12-/m0/s1. The number of nitrogens with zero attached hydrogens (tertiary/aromatic N) is 1. The van der Waals surface area contributed by atoms with E-state index in [0.717, 1.165) is 5.69 Å². The molecule has 8 nitrogen and oxygen atoms in total. The van der Waals surface area contributed by atoms with Crippen molar-refractivity contribution in [1.82, 2.24) is 0 Å². The molecule has 1 saturated heterocycles. The Morgan fingerprint density at radius 1 is 1.39 bits per heavy atom. The zero-order chi connectivity index (χ0) is 16.9. The molecule has 1 aromatic rings. The first-order valence-corrected chi connectivity index (χ1v) is 8.73. The summed E-state index contributed by atoms with van der Waals surface area (Å²) in [6, 6.07) is 7.03. The smallest absolute Gasteiger partial charge is 0.382 e. The molecule has 1 amide bonds. The van der Waals surface area contributed by atoms with E-state index in [4.69, 9.17) is 20.9 Å². The maximum absolute atomic E-state index is 11.7. The van der Waals surface area contributed by atoms with Crippen LogP contribution in [0.1, 0.15) is 0 Å². The number of hydrogen-bond acceptors (Lipinski definition) is 6. The number of alkyl halides is 1. The van der Waals surface area contributed by atoms with Crippen molar-refractivity contribution in [3.05, 3.63) is 24.3 Å². The first-order chi connectivity index (χ1) is 10.9. The van der Waals surface area contributed by atoms with Crippen LogP contribution in [-0.2, 0) is 24.1 Å². The summed E-state index contributed by atoms with van der Waals surface area (Å²) in [7, 11) is -4.55. The number of ether oxygens (including phenoxy) is 1. The fourth-order valence-electron chi connectivity index (χ4n) is 2.07. The first-order valence-electron chi connectivity index (χ1n) is 6.83. The van der Waals surface area contributed by atoms with Gasteiger partial charge in [-0.15, -0.1) is 11.6 Å². The maximum Gasteiger partial charge on any atom is 0.397 e. The Bertz CT molecular complexity index is 636. The highest BCUT2D eigenvalue weighted by Gasteiger charge is 2.20. The van der Waals surface area contributed by atoms with Crippen molar-refractivity contribution >= 4 is 39.3 Å². The highest BCUT2D eigenvalue weighted by Crippen LogP contribution is 2.19. The number of amides is 1. The van der Waals surface area contributed by atoms with Crippen LogP contribution in [0.5, 0.6) is 0 Å². The first kappa shape index (κ1) is 18.0. The van der Waals surface area contributed by atoms with Gasteiger partial charge in [0, 0.05) is 24.5 Å². The summed E-state index contributed by atoms with van der Waals surface area (Å²) < 4.78 is 39.4. The molecule has 23 heavy (non-hydrogen) atoms. The highest BCUT2D eigenvalue weighted by atomic mass is 35.5. The van der Waals surface area contributed by atoms with Crippen molar-refractivity contribution in [2.75, 3.05) is 42.4 Å². The number of anilines is 2. The minimum Gasteiger partial charge on any atom is -0.382 e. The lowest BCUT2D eigenvalue weighted by Gasteiger charge is -2.27. The van der Waals surface area contributed by atoms with Gasteiger partial charge in [-0.25, -0.2) is 4.18 Å². The summed E-state index contributed by atoms with van der Waals surface area (Å²) >= 11 is 5.59. The van der Waals surface area contributed by atoms with Crippen molar-refractivity contribution < 1.29 is 26.7 Å². The number of halogens is 1. The van der Waals surface area contributed by atoms with Gasteiger partial charge in [-0.05, 0) is 24.3 Å². The van der Waals surface area contributed by atoms with Crippen LogP contribution in [0.15, 0.2) is 24.3 Å². The van der Waals surface area contributed by atoms with Crippen LogP contribution in [0.2, 0.25) is 0 Å². The molecule has 0 bridgehead atoms. The third kappa shape index (κ3) is 5.63. The van der Waals surface area contributed by atoms with E-state index < -0.39 is 16.5 Å². The lowest BCUT2D eigenvalue weighted by Crippen LogP contribution is -2.41. The van der Waals surface area contributed by atoms with Gasteiger partial charge in [0.15, 0.2) is 0 Å². The average molecular weight is 365 g/mol. The van der Waals surface area contributed by atoms with Crippen LogP contribution in [0.25, 0.3) is 0 Å². The van der Waals surface area contributed by atoms with E-state index in [1.54, 1.807) is 29.2 Å². The van der Waals surface area contributed by atoms with Crippen LogP contribution in [0.4, 0.5) is 11.4 Å². The number of carbonyl (C=O) groups is 1. The number of hydrogen-bond donors (Lipinski definition) is 2. The number of benzene rings is 1. The van der Waals surface area contributed by atoms with E-state index in [-0.39, 0.29) is 24.9 Å². The summed E-state index contributed by atoms with van der Waals surface area (Å²) in [5.41, 5.74) is 1.45. The van der Waals surface area contributed by atoms with Crippen molar-refractivity contribution in [2.24, 2.45) is 0 Å². The van der Waals surface area contributed by atoms with Gasteiger partial charge in [0.05, 0.1) is 12.5 Å². The molecule has 0 unspecified atom stereocenters. The number of morpholine rings is 1. The molecule has 1 atom stereocenters. The fraction of sp³-hybridized carbons (Fsp3) is 0.462. The molecule has 0 saturated carbocycles. The van der Waals surface area contributed by atoms with Gasteiger partial charge < -0.3 is 15.0 Å². The molecular weight excluding hydrogens is 348 g/mol. The Kier molecular flexibility index (Phi) is 6.19. The minimum absolute atomic E-state index is 0.0738. The number of rotatable bonds is 7. The van der Waals surface area contributed by atoms with Crippen molar-refractivity contribution in [1.29, 1.82) is 0 Å². The minimum atomic E-state index is -4.55. The topological polar surface area (TPSA) is 105 Å².